The van der Waals surface area contributed by atoms with Gasteiger partial charge in [-0.05, 0) is 53.1 Å². The van der Waals surface area contributed by atoms with Crippen molar-refractivity contribution in [3.63, 3.8) is 0 Å². The molecule has 6 heterocycles. The largest absolute Gasteiger partial charge is 0.321 e. The molecule has 9 heteroatoms. The number of hydrogen-bond acceptors (Lipinski definition) is 7. The molecule has 0 saturated carbocycles. The van der Waals surface area contributed by atoms with Gasteiger partial charge in [0.05, 0.1) is 11.2 Å². The average Bonchev–Trinajstić information content (AvgIpc) is 3.62. The number of imidazole rings is 1. The van der Waals surface area contributed by atoms with Gasteiger partial charge in [0.2, 0.25) is 0 Å². The zero-order chi connectivity index (χ0) is 26.0. The molecular formula is C30H23N9. The fourth-order valence-electron chi connectivity index (χ4n) is 4.68. The van der Waals surface area contributed by atoms with Crippen LogP contribution in [0.2, 0.25) is 0 Å². The van der Waals surface area contributed by atoms with Crippen LogP contribution in [0.3, 0.4) is 0 Å². The van der Waals surface area contributed by atoms with Gasteiger partial charge in [0.25, 0.3) is 0 Å². The fraction of sp³-hybridized carbons (Fsp3) is 0.0667. The zero-order valence-corrected chi connectivity index (χ0v) is 20.8. The van der Waals surface area contributed by atoms with Crippen LogP contribution in [0.25, 0.3) is 56.1 Å². The number of hydrogen-bond donors (Lipinski definition) is 3. The second kappa shape index (κ2) is 9.88. The van der Waals surface area contributed by atoms with Crippen molar-refractivity contribution in [3.05, 3.63) is 109 Å². The number of nitrogens with zero attached hydrogens (tertiary/aromatic N) is 6. The third-order valence-electron chi connectivity index (χ3n) is 6.60. The highest BCUT2D eigenvalue weighted by molar-refractivity contribution is 5.94. The van der Waals surface area contributed by atoms with Gasteiger partial charge in [0.1, 0.15) is 11.0 Å². The highest BCUT2D eigenvalue weighted by Crippen LogP contribution is 2.30. The first-order valence-corrected chi connectivity index (χ1v) is 12.6. The Balaban J connectivity index is 1.20. The molecule has 0 amide bonds. The van der Waals surface area contributed by atoms with Gasteiger partial charge in [0.15, 0.2) is 17.2 Å². The Morgan fingerprint density at radius 2 is 1.59 bits per heavy atom. The van der Waals surface area contributed by atoms with Gasteiger partial charge in [-0.15, -0.1) is 0 Å². The van der Waals surface area contributed by atoms with Crippen molar-refractivity contribution in [2.24, 2.45) is 0 Å². The predicted octanol–water partition coefficient (Wildman–Crippen LogP) is 5.31. The summed E-state index contributed by atoms with van der Waals surface area (Å²) in [6.07, 6.45) is 9.02. The van der Waals surface area contributed by atoms with E-state index in [9.17, 15) is 0 Å². The van der Waals surface area contributed by atoms with Crippen LogP contribution in [0.5, 0.6) is 0 Å². The van der Waals surface area contributed by atoms with E-state index in [1.54, 1.807) is 18.6 Å². The molecule has 0 aliphatic heterocycles. The lowest BCUT2D eigenvalue weighted by Crippen LogP contribution is -2.12. The summed E-state index contributed by atoms with van der Waals surface area (Å²) in [6, 6.07) is 22.3. The van der Waals surface area contributed by atoms with Crippen molar-refractivity contribution in [1.29, 1.82) is 0 Å². The minimum Gasteiger partial charge on any atom is -0.321 e. The lowest BCUT2D eigenvalue weighted by molar-refractivity contribution is 0.691. The topological polar surface area (TPSA) is 121 Å². The van der Waals surface area contributed by atoms with Gasteiger partial charge in [0, 0.05) is 55.2 Å². The van der Waals surface area contributed by atoms with E-state index in [4.69, 9.17) is 9.97 Å². The predicted molar refractivity (Wildman–Crippen MR) is 150 cm³/mol. The molecule has 1 aromatic carbocycles. The lowest BCUT2D eigenvalue weighted by Gasteiger charge is -2.07. The van der Waals surface area contributed by atoms with E-state index in [1.165, 1.54) is 5.56 Å². The molecule has 0 spiro atoms. The van der Waals surface area contributed by atoms with E-state index in [2.05, 4.69) is 53.6 Å². The smallest absolute Gasteiger partial charge is 0.162 e. The first-order valence-electron chi connectivity index (χ1n) is 12.6. The summed E-state index contributed by atoms with van der Waals surface area (Å²) in [5, 5.41) is 11.1. The van der Waals surface area contributed by atoms with E-state index in [0.717, 1.165) is 51.0 Å². The first kappa shape index (κ1) is 22.9. The van der Waals surface area contributed by atoms with Crippen molar-refractivity contribution in [2.45, 2.75) is 13.1 Å². The third kappa shape index (κ3) is 4.51. The highest BCUT2D eigenvalue weighted by atomic mass is 15.2. The quantitative estimate of drug-likeness (QED) is 0.266. The van der Waals surface area contributed by atoms with Crippen molar-refractivity contribution in [2.75, 3.05) is 0 Å². The van der Waals surface area contributed by atoms with Gasteiger partial charge in [-0.3, -0.25) is 15.1 Å². The standard InChI is InChI=1S/C30H23N9/c1-2-4-19(5-3-1)15-32-16-20-14-22(18-33-17-20)24-6-7-25-27(35-24)28(39-38-25)30-36-26-23(10-13-34-29(26)37-30)21-8-11-31-12-9-21/h1-14,17-18,32H,15-16H2,(H,38,39)(H,34,36,37). The first-order chi connectivity index (χ1) is 19.3. The SMILES string of the molecule is c1ccc(CNCc2cncc(-c3ccc4[nH]nc(-c5nc6c(-c7ccncc7)ccnc6[nH]5)c4n3)c2)cc1. The van der Waals surface area contributed by atoms with E-state index in [-0.39, 0.29) is 0 Å². The number of rotatable bonds is 7. The number of H-pyrrole nitrogens is 2. The molecule has 0 unspecified atom stereocenters. The van der Waals surface area contributed by atoms with Gasteiger partial charge in [-0.2, -0.15) is 5.10 Å². The summed E-state index contributed by atoms with van der Waals surface area (Å²) in [6.45, 7) is 1.50. The van der Waals surface area contributed by atoms with Crippen LogP contribution in [-0.4, -0.2) is 40.1 Å². The summed E-state index contributed by atoms with van der Waals surface area (Å²) < 4.78 is 0. The minimum atomic E-state index is 0.604. The molecular weight excluding hydrogens is 486 g/mol. The van der Waals surface area contributed by atoms with E-state index >= 15 is 0 Å². The van der Waals surface area contributed by atoms with E-state index in [1.807, 2.05) is 60.9 Å². The number of aromatic amines is 2. The van der Waals surface area contributed by atoms with Crippen LogP contribution < -0.4 is 5.32 Å². The molecule has 188 valence electrons. The maximum absolute atomic E-state index is 4.96. The van der Waals surface area contributed by atoms with Crippen molar-refractivity contribution in [1.82, 2.24) is 45.4 Å². The Morgan fingerprint density at radius 1 is 0.718 bits per heavy atom. The van der Waals surface area contributed by atoms with E-state index in [0.29, 0.717) is 23.7 Å². The highest BCUT2D eigenvalue weighted by Gasteiger charge is 2.17. The third-order valence-corrected chi connectivity index (χ3v) is 6.60. The number of benzene rings is 1. The Bertz CT molecular complexity index is 1890. The normalized spacial score (nSPS) is 11.4. The fourth-order valence-corrected chi connectivity index (χ4v) is 4.68. The van der Waals surface area contributed by atoms with Crippen LogP contribution in [0.4, 0.5) is 0 Å². The molecule has 0 atom stereocenters. The molecule has 3 N–H and O–H groups in total. The Kier molecular flexibility index (Phi) is 5.80. The molecule has 0 fully saturated rings. The Morgan fingerprint density at radius 3 is 2.49 bits per heavy atom. The second-order valence-electron chi connectivity index (χ2n) is 9.21. The molecule has 0 aliphatic rings. The van der Waals surface area contributed by atoms with Crippen molar-refractivity contribution >= 4 is 22.2 Å². The Hall–Kier alpha value is -5.28. The van der Waals surface area contributed by atoms with Gasteiger partial charge < -0.3 is 10.3 Å². The molecule has 7 aromatic rings. The number of aromatic nitrogens is 8. The monoisotopic (exact) mass is 509 g/mol. The van der Waals surface area contributed by atoms with Crippen LogP contribution in [-0.2, 0) is 13.1 Å². The summed E-state index contributed by atoms with van der Waals surface area (Å²) >= 11 is 0. The minimum absolute atomic E-state index is 0.604. The maximum atomic E-state index is 4.96. The molecule has 0 radical (unpaired) electrons. The van der Waals surface area contributed by atoms with E-state index < -0.39 is 0 Å². The molecule has 0 saturated heterocycles. The molecule has 0 bridgehead atoms. The van der Waals surface area contributed by atoms with Gasteiger partial charge in [-0.25, -0.2) is 15.0 Å². The molecule has 0 aliphatic carbocycles. The Labute approximate surface area is 223 Å². The zero-order valence-electron chi connectivity index (χ0n) is 20.8. The summed E-state index contributed by atoms with van der Waals surface area (Å²) in [5.74, 6) is 0.604. The number of fused-ring (bicyclic) bond motifs is 2. The van der Waals surface area contributed by atoms with Crippen LogP contribution in [0.1, 0.15) is 11.1 Å². The number of pyridine rings is 4. The molecule has 9 nitrogen and oxygen atoms in total. The maximum Gasteiger partial charge on any atom is 0.162 e. The van der Waals surface area contributed by atoms with Gasteiger partial charge in [-0.1, -0.05) is 30.3 Å². The number of nitrogens with one attached hydrogen (secondary N) is 3. The lowest BCUT2D eigenvalue weighted by atomic mass is 10.1. The van der Waals surface area contributed by atoms with Gasteiger partial charge >= 0.3 is 0 Å². The van der Waals surface area contributed by atoms with Crippen molar-refractivity contribution in [3.8, 4) is 33.9 Å². The molecule has 7 rings (SSSR count). The molecule has 6 aromatic heterocycles. The van der Waals surface area contributed by atoms with Crippen LogP contribution in [0, 0.1) is 0 Å². The van der Waals surface area contributed by atoms with Crippen LogP contribution >= 0.6 is 0 Å². The van der Waals surface area contributed by atoms with Crippen LogP contribution in [0.15, 0.2) is 97.7 Å². The molecule has 39 heavy (non-hydrogen) atoms. The van der Waals surface area contributed by atoms with Crippen molar-refractivity contribution < 1.29 is 0 Å². The summed E-state index contributed by atoms with van der Waals surface area (Å²) in [4.78, 5) is 26.2. The summed E-state index contributed by atoms with van der Waals surface area (Å²) in [7, 11) is 0. The second-order valence-corrected chi connectivity index (χ2v) is 9.21. The summed E-state index contributed by atoms with van der Waals surface area (Å²) in [5.41, 5.74) is 9.73. The average molecular weight is 510 g/mol.